The second-order valence-electron chi connectivity index (χ2n) is 4.35. The monoisotopic (exact) mass is 220 g/mol. The molecule has 0 radical (unpaired) electrons. The lowest BCUT2D eigenvalue weighted by atomic mass is 9.62. The quantitative estimate of drug-likeness (QED) is 0.782. The molecular formula is C12H13FN2O. The minimum atomic E-state index is -0.515. The van der Waals surface area contributed by atoms with Gasteiger partial charge in [-0.1, -0.05) is 6.07 Å². The summed E-state index contributed by atoms with van der Waals surface area (Å²) in [7, 11) is 0. The minimum Gasteiger partial charge on any atom is -0.393 e. The van der Waals surface area contributed by atoms with Crippen LogP contribution in [0.3, 0.4) is 0 Å². The number of nitriles is 1. The van der Waals surface area contributed by atoms with Crippen molar-refractivity contribution in [2.75, 3.05) is 6.54 Å². The highest BCUT2D eigenvalue weighted by Crippen LogP contribution is 2.43. The molecule has 1 aliphatic carbocycles. The molecule has 3 nitrogen and oxygen atoms in total. The van der Waals surface area contributed by atoms with Gasteiger partial charge in [-0.3, -0.25) is 0 Å². The van der Waals surface area contributed by atoms with E-state index in [0.717, 1.165) is 5.56 Å². The Hall–Kier alpha value is -1.44. The van der Waals surface area contributed by atoms with Crippen molar-refractivity contribution in [3.05, 3.63) is 35.1 Å². The number of benzene rings is 1. The average Bonchev–Trinajstić information content (AvgIpc) is 2.25. The Labute approximate surface area is 93.3 Å². The Balaban J connectivity index is 2.38. The first-order valence-electron chi connectivity index (χ1n) is 5.19. The molecule has 1 saturated carbocycles. The van der Waals surface area contributed by atoms with Crippen molar-refractivity contribution in [3.8, 4) is 6.07 Å². The van der Waals surface area contributed by atoms with Crippen molar-refractivity contribution in [3.63, 3.8) is 0 Å². The van der Waals surface area contributed by atoms with E-state index in [0.29, 0.717) is 19.4 Å². The van der Waals surface area contributed by atoms with Crippen LogP contribution in [0.5, 0.6) is 0 Å². The number of halogens is 1. The molecule has 3 N–H and O–H groups in total. The summed E-state index contributed by atoms with van der Waals surface area (Å²) in [6.07, 6.45) is 0.833. The Morgan fingerprint density at radius 3 is 2.75 bits per heavy atom. The summed E-state index contributed by atoms with van der Waals surface area (Å²) < 4.78 is 13.2. The molecule has 0 saturated heterocycles. The average molecular weight is 220 g/mol. The molecule has 2 rings (SSSR count). The third-order valence-electron chi connectivity index (χ3n) is 3.34. The summed E-state index contributed by atoms with van der Waals surface area (Å²) in [6.45, 7) is 0.403. The summed E-state index contributed by atoms with van der Waals surface area (Å²) in [5.41, 5.74) is 6.31. The highest BCUT2D eigenvalue weighted by atomic mass is 19.1. The summed E-state index contributed by atoms with van der Waals surface area (Å²) in [5, 5.41) is 18.1. The summed E-state index contributed by atoms with van der Waals surface area (Å²) in [5.74, 6) is -0.515. The van der Waals surface area contributed by atoms with Crippen LogP contribution < -0.4 is 5.73 Å². The molecule has 0 unspecified atom stereocenters. The van der Waals surface area contributed by atoms with Gasteiger partial charge in [-0.05, 0) is 30.5 Å². The number of hydrogen-bond donors (Lipinski definition) is 2. The van der Waals surface area contributed by atoms with Crippen molar-refractivity contribution < 1.29 is 9.50 Å². The first-order valence-corrected chi connectivity index (χ1v) is 5.19. The summed E-state index contributed by atoms with van der Waals surface area (Å²) in [6, 6.07) is 6.28. The molecule has 1 aliphatic rings. The second-order valence-corrected chi connectivity index (χ2v) is 4.35. The molecule has 1 aromatic rings. The molecule has 0 aromatic heterocycles. The first kappa shape index (κ1) is 11.1. The fourth-order valence-electron chi connectivity index (χ4n) is 2.30. The third-order valence-corrected chi connectivity index (χ3v) is 3.34. The van der Waals surface area contributed by atoms with Crippen molar-refractivity contribution in [1.82, 2.24) is 0 Å². The maximum Gasteiger partial charge on any atom is 0.140 e. The van der Waals surface area contributed by atoms with Crippen LogP contribution in [-0.4, -0.2) is 17.8 Å². The number of hydrogen-bond acceptors (Lipinski definition) is 3. The Morgan fingerprint density at radius 1 is 1.56 bits per heavy atom. The molecule has 0 bridgehead atoms. The van der Waals surface area contributed by atoms with Gasteiger partial charge in [-0.25, -0.2) is 4.39 Å². The first-order chi connectivity index (χ1) is 7.61. The van der Waals surface area contributed by atoms with Crippen molar-refractivity contribution in [2.24, 2.45) is 5.73 Å². The normalized spacial score (nSPS) is 28.2. The molecule has 0 aliphatic heterocycles. The van der Waals surface area contributed by atoms with Gasteiger partial charge in [0, 0.05) is 12.0 Å². The molecular weight excluding hydrogens is 207 g/mol. The molecule has 1 aromatic carbocycles. The smallest absolute Gasteiger partial charge is 0.140 e. The second kappa shape index (κ2) is 3.85. The van der Waals surface area contributed by atoms with Gasteiger partial charge in [0.25, 0.3) is 0 Å². The Morgan fingerprint density at radius 2 is 2.25 bits per heavy atom. The third kappa shape index (κ3) is 1.58. The SMILES string of the molecule is N#Cc1cc(C2(CN)CC(O)C2)ccc1F. The molecule has 0 atom stereocenters. The van der Waals surface area contributed by atoms with Gasteiger partial charge in [0.1, 0.15) is 11.9 Å². The zero-order valence-corrected chi connectivity index (χ0v) is 8.78. The van der Waals surface area contributed by atoms with Crippen molar-refractivity contribution in [2.45, 2.75) is 24.4 Å². The minimum absolute atomic E-state index is 0.0340. The molecule has 84 valence electrons. The van der Waals surface area contributed by atoms with Gasteiger partial charge in [0.15, 0.2) is 0 Å². The van der Waals surface area contributed by atoms with Crippen LogP contribution in [0.4, 0.5) is 4.39 Å². The Kier molecular flexibility index (Phi) is 2.66. The molecule has 0 heterocycles. The zero-order chi connectivity index (χ0) is 11.8. The fourth-order valence-corrected chi connectivity index (χ4v) is 2.30. The van der Waals surface area contributed by atoms with Crippen LogP contribution in [0, 0.1) is 17.1 Å². The Bertz CT molecular complexity index is 447. The number of nitrogens with two attached hydrogens (primary N) is 1. The van der Waals surface area contributed by atoms with E-state index < -0.39 is 5.82 Å². The van der Waals surface area contributed by atoms with E-state index in [4.69, 9.17) is 11.0 Å². The van der Waals surface area contributed by atoms with Gasteiger partial charge < -0.3 is 10.8 Å². The maximum absolute atomic E-state index is 13.2. The van der Waals surface area contributed by atoms with Crippen LogP contribution in [0.15, 0.2) is 18.2 Å². The van der Waals surface area contributed by atoms with Crippen molar-refractivity contribution in [1.29, 1.82) is 5.26 Å². The van der Waals surface area contributed by atoms with E-state index in [2.05, 4.69) is 0 Å². The van der Waals surface area contributed by atoms with Gasteiger partial charge in [-0.2, -0.15) is 5.26 Å². The van der Waals surface area contributed by atoms with E-state index in [1.807, 2.05) is 6.07 Å². The standard InChI is InChI=1S/C12H13FN2O/c13-11-2-1-9(3-8(11)6-14)12(7-15)4-10(16)5-12/h1-3,10,16H,4-5,7,15H2. The molecule has 0 spiro atoms. The lowest BCUT2D eigenvalue weighted by molar-refractivity contribution is 0.0221. The lowest BCUT2D eigenvalue weighted by Crippen LogP contribution is -2.49. The molecule has 16 heavy (non-hydrogen) atoms. The fraction of sp³-hybridized carbons (Fsp3) is 0.417. The number of aliphatic hydroxyl groups is 1. The highest BCUT2D eigenvalue weighted by Gasteiger charge is 2.43. The van der Waals surface area contributed by atoms with Gasteiger partial charge in [-0.15, -0.1) is 0 Å². The van der Waals surface area contributed by atoms with Gasteiger partial charge in [0.05, 0.1) is 11.7 Å². The van der Waals surface area contributed by atoms with Crippen LogP contribution in [0.2, 0.25) is 0 Å². The van der Waals surface area contributed by atoms with E-state index in [1.54, 1.807) is 6.07 Å². The predicted octanol–water partition coefficient (Wildman–Crippen LogP) is 1.05. The van der Waals surface area contributed by atoms with Crippen LogP contribution in [0.1, 0.15) is 24.0 Å². The van der Waals surface area contributed by atoms with E-state index >= 15 is 0 Å². The lowest BCUT2D eigenvalue weighted by Gasteiger charge is -2.45. The molecule has 1 fully saturated rings. The summed E-state index contributed by atoms with van der Waals surface area (Å²) >= 11 is 0. The largest absolute Gasteiger partial charge is 0.393 e. The maximum atomic E-state index is 13.2. The molecule has 4 heteroatoms. The van der Waals surface area contributed by atoms with E-state index in [1.165, 1.54) is 12.1 Å². The zero-order valence-electron chi connectivity index (χ0n) is 8.78. The molecule has 0 amide bonds. The highest BCUT2D eigenvalue weighted by molar-refractivity contribution is 5.39. The van der Waals surface area contributed by atoms with Crippen LogP contribution in [0.25, 0.3) is 0 Å². The predicted molar refractivity (Wildman–Crippen MR) is 57.1 cm³/mol. The number of nitrogens with zero attached hydrogens (tertiary/aromatic N) is 1. The van der Waals surface area contributed by atoms with E-state index in [-0.39, 0.29) is 17.1 Å². The van der Waals surface area contributed by atoms with Gasteiger partial charge in [0.2, 0.25) is 0 Å². The van der Waals surface area contributed by atoms with E-state index in [9.17, 15) is 9.50 Å². The summed E-state index contributed by atoms with van der Waals surface area (Å²) in [4.78, 5) is 0. The van der Waals surface area contributed by atoms with Crippen molar-refractivity contribution >= 4 is 0 Å². The van der Waals surface area contributed by atoms with Crippen LogP contribution in [-0.2, 0) is 5.41 Å². The number of rotatable bonds is 2. The van der Waals surface area contributed by atoms with Gasteiger partial charge >= 0.3 is 0 Å². The number of aliphatic hydroxyl groups excluding tert-OH is 1. The topological polar surface area (TPSA) is 70.0 Å². The van der Waals surface area contributed by atoms with Crippen LogP contribution >= 0.6 is 0 Å².